The minimum atomic E-state index is 0.701. The molecule has 1 fully saturated rings. The molecular weight excluding hydrogens is 406 g/mol. The van der Waals surface area contributed by atoms with E-state index in [-0.39, 0.29) is 0 Å². The highest BCUT2D eigenvalue weighted by Crippen LogP contribution is 2.47. The van der Waals surface area contributed by atoms with E-state index in [9.17, 15) is 0 Å². The molecule has 0 saturated heterocycles. The summed E-state index contributed by atoms with van der Waals surface area (Å²) in [4.78, 5) is 5.26. The highest BCUT2D eigenvalue weighted by Gasteiger charge is 2.23. The Morgan fingerprint density at radius 3 is 2.28 bits per heavy atom. The standard InChI is InChI=1S/C30H23NS/c1-2-11-20(10-1)22-15-8-17-25-27-24-14-5-6-18-26(24)31-28(30(27)32-29(22)25)23-16-7-12-19-9-3-4-13-21(19)23/h3-9,12-18,20H,1-2,10-11H2. The van der Waals surface area contributed by atoms with Gasteiger partial charge in [0, 0.05) is 26.4 Å². The first-order chi connectivity index (χ1) is 15.9. The Morgan fingerprint density at radius 2 is 1.38 bits per heavy atom. The fourth-order valence-corrected chi connectivity index (χ4v) is 7.11. The molecule has 2 heterocycles. The van der Waals surface area contributed by atoms with Gasteiger partial charge in [-0.05, 0) is 41.2 Å². The molecule has 1 nitrogen and oxygen atoms in total. The Labute approximate surface area is 191 Å². The largest absolute Gasteiger partial charge is 0.246 e. The minimum Gasteiger partial charge on any atom is -0.246 e. The molecule has 2 heteroatoms. The minimum absolute atomic E-state index is 0.701. The van der Waals surface area contributed by atoms with E-state index in [4.69, 9.17) is 4.98 Å². The monoisotopic (exact) mass is 429 g/mol. The highest BCUT2D eigenvalue weighted by molar-refractivity contribution is 7.26. The van der Waals surface area contributed by atoms with Gasteiger partial charge in [-0.2, -0.15) is 0 Å². The third-order valence-corrected chi connectivity index (χ3v) is 8.47. The van der Waals surface area contributed by atoms with Crippen molar-refractivity contribution in [2.45, 2.75) is 31.6 Å². The average Bonchev–Trinajstić information content (AvgIpc) is 3.52. The normalized spacial score (nSPS) is 14.9. The predicted octanol–water partition coefficient (Wildman–Crippen LogP) is 9.08. The van der Waals surface area contributed by atoms with E-state index in [2.05, 4.69) is 84.9 Å². The second kappa shape index (κ2) is 7.15. The van der Waals surface area contributed by atoms with Crippen LogP contribution in [0.15, 0.2) is 84.9 Å². The zero-order valence-electron chi connectivity index (χ0n) is 17.8. The van der Waals surface area contributed by atoms with E-state index >= 15 is 0 Å². The number of para-hydroxylation sites is 1. The van der Waals surface area contributed by atoms with Gasteiger partial charge in [0.25, 0.3) is 0 Å². The van der Waals surface area contributed by atoms with Gasteiger partial charge in [-0.1, -0.05) is 91.7 Å². The molecule has 0 aliphatic heterocycles. The summed E-state index contributed by atoms with van der Waals surface area (Å²) < 4.78 is 2.79. The van der Waals surface area contributed by atoms with E-state index in [1.54, 1.807) is 5.56 Å². The van der Waals surface area contributed by atoms with Crippen molar-refractivity contribution in [1.29, 1.82) is 0 Å². The molecule has 0 atom stereocenters. The highest BCUT2D eigenvalue weighted by atomic mass is 32.1. The summed E-state index contributed by atoms with van der Waals surface area (Å²) in [6, 6.07) is 30.9. The third-order valence-electron chi connectivity index (χ3n) is 7.21. The average molecular weight is 430 g/mol. The van der Waals surface area contributed by atoms with Gasteiger partial charge in [0.05, 0.1) is 15.9 Å². The fourth-order valence-electron chi connectivity index (χ4n) is 5.70. The molecular formula is C30H23NS. The molecule has 154 valence electrons. The Bertz CT molecular complexity index is 1630. The summed E-state index contributed by atoms with van der Waals surface area (Å²) in [5.41, 5.74) is 4.98. The molecule has 2 aromatic heterocycles. The smallest absolute Gasteiger partial charge is 0.0894 e. The molecule has 1 saturated carbocycles. The molecule has 1 aliphatic rings. The van der Waals surface area contributed by atoms with Crippen molar-refractivity contribution in [1.82, 2.24) is 4.98 Å². The topological polar surface area (TPSA) is 12.9 Å². The Balaban J connectivity index is 1.65. The maximum Gasteiger partial charge on any atom is 0.0894 e. The second-order valence-electron chi connectivity index (χ2n) is 9.02. The summed E-state index contributed by atoms with van der Waals surface area (Å²) in [5, 5.41) is 6.57. The SMILES string of the molecule is c1ccc2c(-c3nc4ccccc4c4c3sc3c(C5CCCC5)cccc34)cccc2c1. The molecule has 32 heavy (non-hydrogen) atoms. The van der Waals surface area contributed by atoms with Crippen molar-refractivity contribution in [3.05, 3.63) is 90.5 Å². The lowest BCUT2D eigenvalue weighted by Gasteiger charge is -2.10. The van der Waals surface area contributed by atoms with E-state index in [1.165, 1.54) is 67.6 Å². The molecule has 1 aliphatic carbocycles. The first-order valence-corrected chi connectivity index (χ1v) is 12.4. The summed E-state index contributed by atoms with van der Waals surface area (Å²) >= 11 is 1.96. The zero-order valence-corrected chi connectivity index (χ0v) is 18.7. The van der Waals surface area contributed by atoms with Crippen LogP contribution >= 0.6 is 11.3 Å². The molecule has 0 bridgehead atoms. The quantitative estimate of drug-likeness (QED) is 0.267. The molecule has 0 radical (unpaired) electrons. The lowest BCUT2D eigenvalue weighted by atomic mass is 9.95. The number of rotatable bonds is 2. The number of aromatic nitrogens is 1. The van der Waals surface area contributed by atoms with E-state index in [0.29, 0.717) is 5.92 Å². The fraction of sp³-hybridized carbons (Fsp3) is 0.167. The van der Waals surface area contributed by atoms with Gasteiger partial charge in [-0.25, -0.2) is 4.98 Å². The van der Waals surface area contributed by atoms with E-state index < -0.39 is 0 Å². The zero-order chi connectivity index (χ0) is 21.1. The van der Waals surface area contributed by atoms with Crippen LogP contribution in [0.5, 0.6) is 0 Å². The lowest BCUT2D eigenvalue weighted by molar-refractivity contribution is 0.730. The maximum absolute atomic E-state index is 5.26. The van der Waals surface area contributed by atoms with E-state index in [0.717, 1.165) is 11.2 Å². The molecule has 0 N–H and O–H groups in total. The van der Waals surface area contributed by atoms with Gasteiger partial charge >= 0.3 is 0 Å². The van der Waals surface area contributed by atoms with Gasteiger partial charge in [0.1, 0.15) is 0 Å². The molecule has 0 unspecified atom stereocenters. The Hall–Kier alpha value is -3.23. The molecule has 6 aromatic rings. The number of pyridine rings is 1. The van der Waals surface area contributed by atoms with Crippen LogP contribution in [0.25, 0.3) is 53.1 Å². The van der Waals surface area contributed by atoms with Crippen LogP contribution in [0.1, 0.15) is 37.2 Å². The lowest BCUT2D eigenvalue weighted by Crippen LogP contribution is -1.91. The van der Waals surface area contributed by atoms with Crippen molar-refractivity contribution >= 4 is 53.2 Å². The van der Waals surface area contributed by atoms with Gasteiger partial charge in [0.15, 0.2) is 0 Å². The van der Waals surface area contributed by atoms with Gasteiger partial charge in [-0.15, -0.1) is 11.3 Å². The van der Waals surface area contributed by atoms with Gasteiger partial charge in [0.2, 0.25) is 0 Å². The van der Waals surface area contributed by atoms with Crippen LogP contribution in [0.4, 0.5) is 0 Å². The van der Waals surface area contributed by atoms with Crippen LogP contribution in [-0.4, -0.2) is 4.98 Å². The van der Waals surface area contributed by atoms with Crippen molar-refractivity contribution < 1.29 is 0 Å². The third kappa shape index (κ3) is 2.66. The maximum atomic E-state index is 5.26. The summed E-state index contributed by atoms with van der Waals surface area (Å²) in [6.07, 6.45) is 5.36. The molecule has 0 amide bonds. The number of hydrogen-bond acceptors (Lipinski definition) is 2. The van der Waals surface area contributed by atoms with Crippen molar-refractivity contribution in [2.75, 3.05) is 0 Å². The number of nitrogens with zero attached hydrogens (tertiary/aromatic N) is 1. The van der Waals surface area contributed by atoms with Crippen LogP contribution < -0.4 is 0 Å². The van der Waals surface area contributed by atoms with Crippen molar-refractivity contribution in [3.63, 3.8) is 0 Å². The number of fused-ring (bicyclic) bond motifs is 6. The summed E-state index contributed by atoms with van der Waals surface area (Å²) in [6.45, 7) is 0. The molecule has 0 spiro atoms. The van der Waals surface area contributed by atoms with Crippen LogP contribution in [-0.2, 0) is 0 Å². The van der Waals surface area contributed by atoms with Crippen LogP contribution in [0.3, 0.4) is 0 Å². The number of benzene rings is 4. The van der Waals surface area contributed by atoms with Crippen LogP contribution in [0, 0.1) is 0 Å². The molecule has 7 rings (SSSR count). The van der Waals surface area contributed by atoms with E-state index in [1.807, 2.05) is 11.3 Å². The van der Waals surface area contributed by atoms with Crippen molar-refractivity contribution in [3.8, 4) is 11.3 Å². The Morgan fingerprint density at radius 1 is 0.656 bits per heavy atom. The first-order valence-electron chi connectivity index (χ1n) is 11.6. The Kier molecular flexibility index (Phi) is 4.10. The first kappa shape index (κ1) is 18.4. The van der Waals surface area contributed by atoms with Crippen LogP contribution in [0.2, 0.25) is 0 Å². The van der Waals surface area contributed by atoms with Gasteiger partial charge < -0.3 is 0 Å². The summed E-state index contributed by atoms with van der Waals surface area (Å²) in [7, 11) is 0. The number of hydrogen-bond donors (Lipinski definition) is 0. The van der Waals surface area contributed by atoms with Gasteiger partial charge in [-0.3, -0.25) is 0 Å². The molecule has 4 aromatic carbocycles. The second-order valence-corrected chi connectivity index (χ2v) is 10.0. The van der Waals surface area contributed by atoms with Crippen molar-refractivity contribution in [2.24, 2.45) is 0 Å². The number of thiophene rings is 1. The summed E-state index contributed by atoms with van der Waals surface area (Å²) in [5.74, 6) is 0.701. The predicted molar refractivity (Wildman–Crippen MR) is 139 cm³/mol.